The molecule has 5 nitrogen and oxygen atoms in total. The van der Waals surface area contributed by atoms with Gasteiger partial charge in [-0.3, -0.25) is 4.79 Å². The maximum Gasteiger partial charge on any atom is 0.249 e. The summed E-state index contributed by atoms with van der Waals surface area (Å²) in [4.78, 5) is 12.5. The van der Waals surface area contributed by atoms with E-state index in [1.165, 1.54) is 173 Å². The summed E-state index contributed by atoms with van der Waals surface area (Å²) in [5.74, 6) is -0.473. The van der Waals surface area contributed by atoms with Crippen LogP contribution in [0.25, 0.3) is 0 Å². The molecule has 3 atom stereocenters. The van der Waals surface area contributed by atoms with Gasteiger partial charge in [0.05, 0.1) is 18.8 Å². The van der Waals surface area contributed by atoms with E-state index in [-0.39, 0.29) is 6.61 Å². The van der Waals surface area contributed by atoms with Gasteiger partial charge in [-0.2, -0.15) is 0 Å². The van der Waals surface area contributed by atoms with Crippen LogP contribution in [0.1, 0.15) is 239 Å². The van der Waals surface area contributed by atoms with Crippen LogP contribution in [0.5, 0.6) is 0 Å². The Morgan fingerprint density at radius 3 is 1.18 bits per heavy atom. The lowest BCUT2D eigenvalue weighted by molar-refractivity contribution is -0.131. The van der Waals surface area contributed by atoms with E-state index in [1.54, 1.807) is 0 Å². The Labute approximate surface area is 318 Å². The number of carbonyl (C=O) groups excluding carboxylic acids is 1. The van der Waals surface area contributed by atoms with Crippen LogP contribution in [-0.2, 0) is 4.79 Å². The number of hydrogen-bond acceptors (Lipinski definition) is 4. The molecular formula is C46H89NO4. The van der Waals surface area contributed by atoms with E-state index >= 15 is 0 Å². The first-order chi connectivity index (χ1) is 25.1. The maximum atomic E-state index is 12.5. The van der Waals surface area contributed by atoms with Gasteiger partial charge in [-0.1, -0.05) is 218 Å². The average molecular weight is 720 g/mol. The molecule has 0 fully saturated rings. The van der Waals surface area contributed by atoms with Crippen LogP contribution in [0.15, 0.2) is 24.3 Å². The molecule has 0 spiro atoms. The van der Waals surface area contributed by atoms with Gasteiger partial charge in [-0.05, 0) is 44.9 Å². The molecule has 3 unspecified atom stereocenters. The second-order valence-corrected chi connectivity index (χ2v) is 15.6. The lowest BCUT2D eigenvalue weighted by Crippen LogP contribution is -2.49. The summed E-state index contributed by atoms with van der Waals surface area (Å²) in [6, 6.07) is -0.710. The quantitative estimate of drug-likeness (QED) is 0.0374. The first-order valence-corrected chi connectivity index (χ1v) is 22.6. The fraction of sp³-hybridized carbons (Fsp3) is 0.891. The Kier molecular flexibility index (Phi) is 40.6. The minimum absolute atomic E-state index is 0.313. The fourth-order valence-corrected chi connectivity index (χ4v) is 6.99. The topological polar surface area (TPSA) is 89.8 Å². The van der Waals surface area contributed by atoms with Crippen LogP contribution < -0.4 is 5.32 Å². The van der Waals surface area contributed by atoms with Gasteiger partial charge in [-0.25, -0.2) is 0 Å². The van der Waals surface area contributed by atoms with E-state index in [1.807, 2.05) is 0 Å². The highest BCUT2D eigenvalue weighted by atomic mass is 16.3. The number of hydrogen-bond donors (Lipinski definition) is 4. The fourth-order valence-electron chi connectivity index (χ4n) is 6.99. The normalized spacial score (nSPS) is 13.7. The molecule has 1 amide bonds. The summed E-state index contributed by atoms with van der Waals surface area (Å²) >= 11 is 0. The molecule has 0 aliphatic carbocycles. The second-order valence-electron chi connectivity index (χ2n) is 15.6. The van der Waals surface area contributed by atoms with E-state index in [2.05, 4.69) is 43.5 Å². The minimum atomic E-state index is -1.08. The highest BCUT2D eigenvalue weighted by Gasteiger charge is 2.23. The van der Waals surface area contributed by atoms with Crippen molar-refractivity contribution in [2.75, 3.05) is 6.61 Å². The third-order valence-corrected chi connectivity index (χ3v) is 10.6. The van der Waals surface area contributed by atoms with E-state index in [4.69, 9.17) is 0 Å². The van der Waals surface area contributed by atoms with Crippen molar-refractivity contribution in [3.63, 3.8) is 0 Å². The number of amides is 1. The van der Waals surface area contributed by atoms with Gasteiger partial charge < -0.3 is 20.6 Å². The molecule has 0 aliphatic rings. The number of carbonyl (C=O) groups is 1. The Morgan fingerprint density at radius 1 is 0.471 bits per heavy atom. The molecule has 0 heterocycles. The molecule has 0 aromatic heterocycles. The predicted octanol–water partition coefficient (Wildman–Crippen LogP) is 13.0. The molecule has 0 saturated heterocycles. The van der Waals surface area contributed by atoms with Crippen LogP contribution in [0.3, 0.4) is 0 Å². The van der Waals surface area contributed by atoms with Gasteiger partial charge in [0.1, 0.15) is 6.10 Å². The van der Waals surface area contributed by atoms with E-state index in [0.717, 1.165) is 38.5 Å². The molecule has 0 rings (SSSR count). The van der Waals surface area contributed by atoms with Crippen molar-refractivity contribution < 1.29 is 20.1 Å². The Balaban J connectivity index is 3.57. The summed E-state index contributed by atoms with van der Waals surface area (Å²) in [6.45, 7) is 4.22. The molecule has 0 aliphatic heterocycles. The Hall–Kier alpha value is -1.17. The minimum Gasteiger partial charge on any atom is -0.394 e. The van der Waals surface area contributed by atoms with Gasteiger partial charge in [0.2, 0.25) is 5.91 Å². The molecule has 0 radical (unpaired) electrons. The highest BCUT2D eigenvalue weighted by molar-refractivity contribution is 5.80. The van der Waals surface area contributed by atoms with Crippen LogP contribution >= 0.6 is 0 Å². The third kappa shape index (κ3) is 37.0. The van der Waals surface area contributed by atoms with E-state index in [9.17, 15) is 20.1 Å². The summed E-state index contributed by atoms with van der Waals surface area (Å²) in [7, 11) is 0. The Bertz CT molecular complexity index is 754. The molecule has 51 heavy (non-hydrogen) atoms. The average Bonchev–Trinajstić information content (AvgIpc) is 3.13. The zero-order chi connectivity index (χ0) is 37.3. The molecule has 302 valence electrons. The van der Waals surface area contributed by atoms with E-state index < -0.39 is 24.2 Å². The standard InChI is InChI=1S/C46H89NO4/c1-3-5-7-9-11-13-15-16-17-18-19-20-21-22-23-24-25-26-27-28-29-31-33-35-37-39-41-45(50)46(51)47-43(42-48)44(49)40-38-36-34-32-30-14-12-10-8-6-4-2/h19-20,22-23,43-45,48-50H,3-18,21,24-42H2,1-2H3,(H,47,51)/b20-19-,23-22-. The molecule has 4 N–H and O–H groups in total. The number of nitrogens with one attached hydrogen (secondary N) is 1. The summed E-state index contributed by atoms with van der Waals surface area (Å²) < 4.78 is 0. The van der Waals surface area contributed by atoms with E-state index in [0.29, 0.717) is 12.8 Å². The van der Waals surface area contributed by atoms with Crippen LogP contribution in [0.4, 0.5) is 0 Å². The second kappa shape index (κ2) is 41.6. The number of aliphatic hydroxyl groups is 3. The monoisotopic (exact) mass is 720 g/mol. The smallest absolute Gasteiger partial charge is 0.249 e. The van der Waals surface area contributed by atoms with Gasteiger partial charge in [0.25, 0.3) is 0 Å². The number of rotatable bonds is 41. The van der Waals surface area contributed by atoms with Crippen LogP contribution in [-0.4, -0.2) is 46.1 Å². The first-order valence-electron chi connectivity index (χ1n) is 22.6. The van der Waals surface area contributed by atoms with Crippen LogP contribution in [0, 0.1) is 0 Å². The van der Waals surface area contributed by atoms with Crippen molar-refractivity contribution in [2.45, 2.75) is 257 Å². The largest absolute Gasteiger partial charge is 0.394 e. The number of aliphatic hydroxyl groups excluding tert-OH is 3. The van der Waals surface area contributed by atoms with Gasteiger partial charge in [0.15, 0.2) is 0 Å². The Morgan fingerprint density at radius 2 is 0.804 bits per heavy atom. The number of unbranched alkanes of at least 4 members (excludes halogenated alkanes) is 29. The first kappa shape index (κ1) is 49.8. The molecule has 0 bridgehead atoms. The molecule has 0 aromatic rings. The van der Waals surface area contributed by atoms with Crippen molar-refractivity contribution in [1.82, 2.24) is 5.32 Å². The molecule has 0 aromatic carbocycles. The molecule has 0 saturated carbocycles. The lowest BCUT2D eigenvalue weighted by atomic mass is 10.0. The van der Waals surface area contributed by atoms with Gasteiger partial charge in [0, 0.05) is 0 Å². The third-order valence-electron chi connectivity index (χ3n) is 10.6. The van der Waals surface area contributed by atoms with Gasteiger partial charge in [-0.15, -0.1) is 0 Å². The van der Waals surface area contributed by atoms with Gasteiger partial charge >= 0.3 is 0 Å². The maximum absolute atomic E-state index is 12.5. The number of allylic oxidation sites excluding steroid dienone is 4. The highest BCUT2D eigenvalue weighted by Crippen LogP contribution is 2.16. The van der Waals surface area contributed by atoms with Crippen molar-refractivity contribution >= 4 is 5.91 Å². The summed E-state index contributed by atoms with van der Waals surface area (Å²) in [5, 5.41) is 33.2. The zero-order valence-corrected chi connectivity index (χ0v) is 34.2. The van der Waals surface area contributed by atoms with Crippen molar-refractivity contribution in [3.8, 4) is 0 Å². The van der Waals surface area contributed by atoms with Crippen LogP contribution in [0.2, 0.25) is 0 Å². The zero-order valence-electron chi connectivity index (χ0n) is 34.2. The summed E-state index contributed by atoms with van der Waals surface area (Å²) in [6.07, 6.45) is 50.4. The molecular weight excluding hydrogens is 631 g/mol. The summed E-state index contributed by atoms with van der Waals surface area (Å²) in [5.41, 5.74) is 0. The predicted molar refractivity (Wildman–Crippen MR) is 222 cm³/mol. The SMILES string of the molecule is CCCCCCCCCCC/C=C\C/C=C\CCCCCCCCCCCCC(O)C(=O)NC(CO)C(O)CCCCCCCCCCCCC. The van der Waals surface area contributed by atoms with Crippen molar-refractivity contribution in [3.05, 3.63) is 24.3 Å². The molecule has 5 heteroatoms. The van der Waals surface area contributed by atoms with Crippen molar-refractivity contribution in [2.24, 2.45) is 0 Å². The lowest BCUT2D eigenvalue weighted by Gasteiger charge is -2.23. The van der Waals surface area contributed by atoms with Crippen molar-refractivity contribution in [1.29, 1.82) is 0 Å².